The number of nitriles is 1. The molecule has 1 aromatic heterocycles. The first-order chi connectivity index (χ1) is 12.7. The van der Waals surface area contributed by atoms with Gasteiger partial charge in [-0.1, -0.05) is 30.3 Å². The molecule has 0 radical (unpaired) electrons. The number of hydrogen-bond acceptors (Lipinski definition) is 4. The van der Waals surface area contributed by atoms with Crippen LogP contribution in [0.3, 0.4) is 0 Å². The van der Waals surface area contributed by atoms with E-state index >= 15 is 0 Å². The fourth-order valence-corrected chi connectivity index (χ4v) is 3.02. The Morgan fingerprint density at radius 3 is 2.85 bits per heavy atom. The highest BCUT2D eigenvalue weighted by atomic mass is 16.2. The Morgan fingerprint density at radius 1 is 1.27 bits per heavy atom. The lowest BCUT2D eigenvalue weighted by Crippen LogP contribution is -2.46. The van der Waals surface area contributed by atoms with Crippen molar-refractivity contribution in [1.82, 2.24) is 20.0 Å². The molecule has 0 bridgehead atoms. The summed E-state index contributed by atoms with van der Waals surface area (Å²) >= 11 is 0. The van der Waals surface area contributed by atoms with Gasteiger partial charge in [0, 0.05) is 31.3 Å². The summed E-state index contributed by atoms with van der Waals surface area (Å²) in [5, 5.41) is 16.2. The molecule has 7 heteroatoms. The van der Waals surface area contributed by atoms with Crippen molar-refractivity contribution in [2.75, 3.05) is 19.6 Å². The van der Waals surface area contributed by atoms with Gasteiger partial charge in [0.1, 0.15) is 0 Å². The number of nitrogens with one attached hydrogen (secondary N) is 1. The number of piperidine rings is 1. The topological polar surface area (TPSA) is 91.0 Å². The molecule has 0 aliphatic carbocycles. The van der Waals surface area contributed by atoms with Gasteiger partial charge in [-0.25, -0.2) is 9.48 Å². The third kappa shape index (κ3) is 4.28. The molecule has 7 nitrogen and oxygen atoms in total. The largest absolute Gasteiger partial charge is 0.336 e. The fourth-order valence-electron chi connectivity index (χ4n) is 3.02. The Morgan fingerprint density at radius 2 is 2.08 bits per heavy atom. The number of benzene rings is 1. The van der Waals surface area contributed by atoms with Gasteiger partial charge in [-0.2, -0.15) is 10.4 Å². The normalized spacial score (nSPS) is 16.7. The molecule has 0 spiro atoms. The van der Waals surface area contributed by atoms with Gasteiger partial charge in [0.05, 0.1) is 24.2 Å². The number of nitrogens with zero attached hydrogens (tertiary/aromatic N) is 4. The minimum atomic E-state index is -0.207. The molecule has 2 aromatic rings. The molecule has 1 N–H and O–H groups in total. The predicted octanol–water partition coefficient (Wildman–Crippen LogP) is 1.86. The van der Waals surface area contributed by atoms with Crippen LogP contribution in [0.4, 0.5) is 4.79 Å². The summed E-state index contributed by atoms with van der Waals surface area (Å²) in [4.78, 5) is 25.9. The highest BCUT2D eigenvalue weighted by Crippen LogP contribution is 2.15. The zero-order valence-electron chi connectivity index (χ0n) is 14.5. The molecule has 0 saturated carbocycles. The van der Waals surface area contributed by atoms with Crippen molar-refractivity contribution in [3.05, 3.63) is 52.8 Å². The molecule has 2 amide bonds. The molecule has 1 aromatic carbocycles. The zero-order valence-corrected chi connectivity index (χ0v) is 14.5. The van der Waals surface area contributed by atoms with Crippen LogP contribution in [0.1, 0.15) is 12.8 Å². The van der Waals surface area contributed by atoms with Crippen LogP contribution in [0.15, 0.2) is 47.3 Å². The standard InChI is InChI=1S/C19H21N5O2/c20-13-15-5-4-11-23(14-15)19(26)21-10-12-24-18(25)9-8-17(22-24)16-6-2-1-3-7-16/h1-3,6-9,15H,4-5,10-12,14H2,(H,21,26)/t15-/m0/s1. The van der Waals surface area contributed by atoms with Crippen molar-refractivity contribution >= 4 is 6.03 Å². The maximum atomic E-state index is 12.2. The molecule has 1 fully saturated rings. The van der Waals surface area contributed by atoms with Crippen LogP contribution in [0.25, 0.3) is 11.3 Å². The maximum absolute atomic E-state index is 12.2. The Kier molecular flexibility index (Phi) is 5.64. The van der Waals surface area contributed by atoms with Crippen molar-refractivity contribution < 1.29 is 4.79 Å². The molecule has 26 heavy (non-hydrogen) atoms. The zero-order chi connectivity index (χ0) is 18.4. The molecule has 134 valence electrons. The molecule has 3 rings (SSSR count). The third-order valence-electron chi connectivity index (χ3n) is 4.43. The summed E-state index contributed by atoms with van der Waals surface area (Å²) < 4.78 is 1.36. The lowest BCUT2D eigenvalue weighted by atomic mass is 10.0. The third-order valence-corrected chi connectivity index (χ3v) is 4.43. The summed E-state index contributed by atoms with van der Waals surface area (Å²) in [5.74, 6) is -0.0960. The second-order valence-electron chi connectivity index (χ2n) is 6.29. The number of hydrogen-bond donors (Lipinski definition) is 1. The van der Waals surface area contributed by atoms with Crippen LogP contribution in [0.5, 0.6) is 0 Å². The van der Waals surface area contributed by atoms with Crippen LogP contribution >= 0.6 is 0 Å². The van der Waals surface area contributed by atoms with Gasteiger partial charge < -0.3 is 10.2 Å². The summed E-state index contributed by atoms with van der Waals surface area (Å²) in [7, 11) is 0. The first-order valence-corrected chi connectivity index (χ1v) is 8.73. The van der Waals surface area contributed by atoms with Gasteiger partial charge in [0.2, 0.25) is 0 Å². The van der Waals surface area contributed by atoms with E-state index in [2.05, 4.69) is 16.5 Å². The number of rotatable bonds is 4. The second-order valence-corrected chi connectivity index (χ2v) is 6.29. The second kappa shape index (κ2) is 8.30. The van der Waals surface area contributed by atoms with Crippen molar-refractivity contribution in [2.45, 2.75) is 19.4 Å². The van der Waals surface area contributed by atoms with Crippen LogP contribution < -0.4 is 10.9 Å². The minimum absolute atomic E-state index is 0.0960. The Labute approximate surface area is 151 Å². The SMILES string of the molecule is N#C[C@@H]1CCCN(C(=O)NCCn2nc(-c3ccccc3)ccc2=O)C1. The van der Waals surface area contributed by atoms with E-state index in [0.29, 0.717) is 31.9 Å². The van der Waals surface area contributed by atoms with E-state index in [0.717, 1.165) is 18.4 Å². The van der Waals surface area contributed by atoms with E-state index in [1.165, 1.54) is 10.7 Å². The number of aromatic nitrogens is 2. The van der Waals surface area contributed by atoms with E-state index in [1.807, 2.05) is 30.3 Å². The molecule has 1 saturated heterocycles. The van der Waals surface area contributed by atoms with Gasteiger partial charge in [-0.15, -0.1) is 0 Å². The number of carbonyl (C=O) groups is 1. The first-order valence-electron chi connectivity index (χ1n) is 8.73. The molecule has 1 aliphatic rings. The molecular formula is C19H21N5O2. The van der Waals surface area contributed by atoms with Gasteiger partial charge in [-0.05, 0) is 18.9 Å². The lowest BCUT2D eigenvalue weighted by molar-refractivity contribution is 0.176. The monoisotopic (exact) mass is 351 g/mol. The average Bonchev–Trinajstić information content (AvgIpc) is 2.70. The van der Waals surface area contributed by atoms with E-state index in [1.54, 1.807) is 11.0 Å². The smallest absolute Gasteiger partial charge is 0.317 e. The van der Waals surface area contributed by atoms with Crippen molar-refractivity contribution in [3.63, 3.8) is 0 Å². The summed E-state index contributed by atoms with van der Waals surface area (Å²) in [6, 6.07) is 14.8. The Balaban J connectivity index is 1.59. The van der Waals surface area contributed by atoms with Gasteiger partial charge in [0.25, 0.3) is 5.56 Å². The fraction of sp³-hybridized carbons (Fsp3) is 0.368. The van der Waals surface area contributed by atoms with E-state index in [-0.39, 0.29) is 17.5 Å². The quantitative estimate of drug-likeness (QED) is 0.910. The molecule has 2 heterocycles. The average molecular weight is 351 g/mol. The van der Waals surface area contributed by atoms with Gasteiger partial charge in [-0.3, -0.25) is 4.79 Å². The Bertz CT molecular complexity index is 856. The number of urea groups is 1. The van der Waals surface area contributed by atoms with E-state index < -0.39 is 0 Å². The van der Waals surface area contributed by atoms with Crippen LogP contribution in [0.2, 0.25) is 0 Å². The highest BCUT2D eigenvalue weighted by molar-refractivity contribution is 5.74. The van der Waals surface area contributed by atoms with Gasteiger partial charge in [0.15, 0.2) is 0 Å². The van der Waals surface area contributed by atoms with Gasteiger partial charge >= 0.3 is 6.03 Å². The minimum Gasteiger partial charge on any atom is -0.336 e. The Hall–Kier alpha value is -3.14. The number of amides is 2. The summed E-state index contributed by atoms with van der Waals surface area (Å²) in [5.41, 5.74) is 1.44. The van der Waals surface area contributed by atoms with E-state index in [4.69, 9.17) is 5.26 Å². The highest BCUT2D eigenvalue weighted by Gasteiger charge is 2.23. The first kappa shape index (κ1) is 17.7. The summed E-state index contributed by atoms with van der Waals surface area (Å²) in [6.07, 6.45) is 1.68. The van der Waals surface area contributed by atoms with E-state index in [9.17, 15) is 9.59 Å². The number of likely N-dealkylation sites (tertiary alicyclic amines) is 1. The number of carbonyl (C=O) groups excluding carboxylic acids is 1. The van der Waals surface area contributed by atoms with Crippen LogP contribution in [0, 0.1) is 17.2 Å². The van der Waals surface area contributed by atoms with Crippen molar-refractivity contribution in [2.24, 2.45) is 5.92 Å². The molecule has 1 aliphatic heterocycles. The van der Waals surface area contributed by atoms with Crippen LogP contribution in [-0.2, 0) is 6.54 Å². The molecular weight excluding hydrogens is 330 g/mol. The predicted molar refractivity (Wildman–Crippen MR) is 97.2 cm³/mol. The van der Waals surface area contributed by atoms with Crippen LogP contribution in [-0.4, -0.2) is 40.3 Å². The van der Waals surface area contributed by atoms with Crippen molar-refractivity contribution in [3.8, 4) is 17.3 Å². The lowest BCUT2D eigenvalue weighted by Gasteiger charge is -2.29. The van der Waals surface area contributed by atoms with Crippen molar-refractivity contribution in [1.29, 1.82) is 5.26 Å². The molecule has 1 atom stereocenters. The molecule has 0 unspecified atom stereocenters. The summed E-state index contributed by atoms with van der Waals surface area (Å²) in [6.45, 7) is 1.72. The maximum Gasteiger partial charge on any atom is 0.317 e.